The zero-order valence-corrected chi connectivity index (χ0v) is 6.67. The maximum atomic E-state index is 12.5. The van der Waals surface area contributed by atoms with Crippen LogP contribution >= 0.6 is 0 Å². The molecule has 0 aromatic heterocycles. The van der Waals surface area contributed by atoms with Crippen molar-refractivity contribution < 1.29 is 9.13 Å². The Hall–Kier alpha value is -1.56. The first kappa shape index (κ1) is 8.54. The standard InChI is InChI=1S/C9H8FNO/c1-7-6-8(10)2-3-9(7)12-5-4-11/h2-3,6H,5H2,1H3. The molecular weight excluding hydrogens is 157 g/mol. The highest BCUT2D eigenvalue weighted by Crippen LogP contribution is 2.17. The molecule has 1 rings (SSSR count). The minimum absolute atomic E-state index is 0.00747. The van der Waals surface area contributed by atoms with Crippen molar-refractivity contribution >= 4 is 0 Å². The lowest BCUT2D eigenvalue weighted by Crippen LogP contribution is -1.95. The van der Waals surface area contributed by atoms with E-state index < -0.39 is 0 Å². The van der Waals surface area contributed by atoms with Gasteiger partial charge in [-0.15, -0.1) is 0 Å². The lowest BCUT2D eigenvalue weighted by Gasteiger charge is -2.04. The molecule has 0 aliphatic carbocycles. The molecule has 0 bridgehead atoms. The summed E-state index contributed by atoms with van der Waals surface area (Å²) in [6.07, 6.45) is 0. The van der Waals surface area contributed by atoms with Gasteiger partial charge >= 0.3 is 0 Å². The van der Waals surface area contributed by atoms with E-state index in [0.717, 1.165) is 0 Å². The summed E-state index contributed by atoms with van der Waals surface area (Å²) in [7, 11) is 0. The van der Waals surface area contributed by atoms with Gasteiger partial charge in [0.15, 0.2) is 6.61 Å². The molecule has 62 valence electrons. The Balaban J connectivity index is 2.81. The van der Waals surface area contributed by atoms with E-state index in [2.05, 4.69) is 0 Å². The van der Waals surface area contributed by atoms with Gasteiger partial charge in [-0.05, 0) is 30.7 Å². The van der Waals surface area contributed by atoms with Gasteiger partial charge in [-0.25, -0.2) is 4.39 Å². The van der Waals surface area contributed by atoms with Crippen LogP contribution in [0.1, 0.15) is 5.56 Å². The largest absolute Gasteiger partial charge is 0.478 e. The number of benzene rings is 1. The molecule has 0 aliphatic rings. The SMILES string of the molecule is Cc1cc(F)ccc1OCC#N. The highest BCUT2D eigenvalue weighted by molar-refractivity contribution is 5.32. The Morgan fingerprint density at radius 2 is 2.33 bits per heavy atom. The molecule has 0 atom stereocenters. The van der Waals surface area contributed by atoms with E-state index in [1.807, 2.05) is 6.07 Å². The minimum Gasteiger partial charge on any atom is -0.478 e. The van der Waals surface area contributed by atoms with Crippen molar-refractivity contribution in [1.82, 2.24) is 0 Å². The average Bonchev–Trinajstić information content (AvgIpc) is 2.03. The second-order valence-electron chi connectivity index (χ2n) is 2.36. The predicted octanol–water partition coefficient (Wildman–Crippen LogP) is 2.04. The van der Waals surface area contributed by atoms with Crippen molar-refractivity contribution in [3.8, 4) is 11.8 Å². The summed E-state index contributed by atoms with van der Waals surface area (Å²) in [5.41, 5.74) is 0.699. The van der Waals surface area contributed by atoms with Gasteiger partial charge in [0.1, 0.15) is 17.6 Å². The zero-order chi connectivity index (χ0) is 8.97. The summed E-state index contributed by atoms with van der Waals surface area (Å²) < 4.78 is 17.6. The van der Waals surface area contributed by atoms with E-state index in [1.54, 1.807) is 6.92 Å². The van der Waals surface area contributed by atoms with Gasteiger partial charge in [0.2, 0.25) is 0 Å². The molecule has 2 nitrogen and oxygen atoms in total. The summed E-state index contributed by atoms with van der Waals surface area (Å²) in [6, 6.07) is 6.03. The summed E-state index contributed by atoms with van der Waals surface area (Å²) >= 11 is 0. The highest BCUT2D eigenvalue weighted by atomic mass is 19.1. The number of nitrogens with zero attached hydrogens (tertiary/aromatic N) is 1. The molecule has 0 radical (unpaired) electrons. The van der Waals surface area contributed by atoms with E-state index in [0.29, 0.717) is 11.3 Å². The van der Waals surface area contributed by atoms with Gasteiger partial charge in [-0.1, -0.05) is 0 Å². The summed E-state index contributed by atoms with van der Waals surface area (Å²) in [5.74, 6) is 0.259. The molecule has 1 aromatic rings. The lowest BCUT2D eigenvalue weighted by molar-refractivity contribution is 0.364. The lowest BCUT2D eigenvalue weighted by atomic mass is 10.2. The molecule has 0 aliphatic heterocycles. The number of hydrogen-bond donors (Lipinski definition) is 0. The van der Waals surface area contributed by atoms with Crippen LogP contribution in [0.2, 0.25) is 0 Å². The second kappa shape index (κ2) is 3.72. The van der Waals surface area contributed by atoms with Crippen molar-refractivity contribution in [3.63, 3.8) is 0 Å². The fraction of sp³-hybridized carbons (Fsp3) is 0.222. The number of rotatable bonds is 2. The van der Waals surface area contributed by atoms with E-state index in [-0.39, 0.29) is 12.4 Å². The number of hydrogen-bond acceptors (Lipinski definition) is 2. The molecular formula is C9H8FNO. The van der Waals surface area contributed by atoms with Crippen molar-refractivity contribution in [3.05, 3.63) is 29.6 Å². The van der Waals surface area contributed by atoms with E-state index in [1.165, 1.54) is 18.2 Å². The van der Waals surface area contributed by atoms with Crippen LogP contribution in [0.4, 0.5) is 4.39 Å². The molecule has 3 heteroatoms. The summed E-state index contributed by atoms with van der Waals surface area (Å²) in [5, 5.41) is 8.22. The van der Waals surface area contributed by atoms with Crippen molar-refractivity contribution in [1.29, 1.82) is 5.26 Å². The molecule has 0 amide bonds. The Labute approximate surface area is 70.2 Å². The third kappa shape index (κ3) is 1.96. The van der Waals surface area contributed by atoms with Crippen LogP contribution < -0.4 is 4.74 Å². The van der Waals surface area contributed by atoms with Crippen molar-refractivity contribution in [2.45, 2.75) is 6.92 Å². The maximum absolute atomic E-state index is 12.5. The summed E-state index contributed by atoms with van der Waals surface area (Å²) in [6.45, 7) is 1.72. The molecule has 0 saturated carbocycles. The Bertz CT molecular complexity index is 317. The fourth-order valence-corrected chi connectivity index (χ4v) is 0.885. The molecule has 0 unspecified atom stereocenters. The first-order valence-electron chi connectivity index (χ1n) is 3.50. The van der Waals surface area contributed by atoms with E-state index in [9.17, 15) is 4.39 Å². The second-order valence-corrected chi connectivity index (χ2v) is 2.36. The Kier molecular flexibility index (Phi) is 2.65. The van der Waals surface area contributed by atoms with Gasteiger partial charge in [-0.2, -0.15) is 5.26 Å². The van der Waals surface area contributed by atoms with Gasteiger partial charge < -0.3 is 4.74 Å². The Morgan fingerprint density at radius 3 is 2.92 bits per heavy atom. The molecule has 0 N–H and O–H groups in total. The van der Waals surface area contributed by atoms with Crippen LogP contribution in [0, 0.1) is 24.1 Å². The van der Waals surface area contributed by atoms with Crippen LogP contribution in [0.25, 0.3) is 0 Å². The minimum atomic E-state index is -0.295. The molecule has 0 spiro atoms. The number of ether oxygens (including phenoxy) is 1. The smallest absolute Gasteiger partial charge is 0.174 e. The number of aryl methyl sites for hydroxylation is 1. The van der Waals surface area contributed by atoms with Crippen molar-refractivity contribution in [2.75, 3.05) is 6.61 Å². The molecule has 1 aromatic carbocycles. The third-order valence-electron chi connectivity index (χ3n) is 1.43. The normalized spacial score (nSPS) is 9.08. The van der Waals surface area contributed by atoms with Crippen LogP contribution in [-0.2, 0) is 0 Å². The van der Waals surface area contributed by atoms with Gasteiger partial charge in [-0.3, -0.25) is 0 Å². The van der Waals surface area contributed by atoms with Crippen molar-refractivity contribution in [2.24, 2.45) is 0 Å². The van der Waals surface area contributed by atoms with Gasteiger partial charge in [0.25, 0.3) is 0 Å². The monoisotopic (exact) mass is 165 g/mol. The number of nitriles is 1. The Morgan fingerprint density at radius 1 is 1.58 bits per heavy atom. The molecule has 0 fully saturated rings. The topological polar surface area (TPSA) is 33.0 Å². The predicted molar refractivity (Wildman–Crippen MR) is 42.2 cm³/mol. The molecule has 0 saturated heterocycles. The van der Waals surface area contributed by atoms with Crippen LogP contribution in [-0.4, -0.2) is 6.61 Å². The van der Waals surface area contributed by atoms with Crippen LogP contribution in [0.5, 0.6) is 5.75 Å². The zero-order valence-electron chi connectivity index (χ0n) is 6.67. The maximum Gasteiger partial charge on any atom is 0.174 e. The van der Waals surface area contributed by atoms with Gasteiger partial charge in [0, 0.05) is 0 Å². The first-order valence-corrected chi connectivity index (χ1v) is 3.50. The first-order chi connectivity index (χ1) is 5.74. The van der Waals surface area contributed by atoms with Crippen LogP contribution in [0.15, 0.2) is 18.2 Å². The quantitative estimate of drug-likeness (QED) is 0.671. The summed E-state index contributed by atoms with van der Waals surface area (Å²) in [4.78, 5) is 0. The molecule has 0 heterocycles. The van der Waals surface area contributed by atoms with Gasteiger partial charge in [0.05, 0.1) is 0 Å². The number of halogens is 1. The van der Waals surface area contributed by atoms with E-state index in [4.69, 9.17) is 10.00 Å². The molecule has 12 heavy (non-hydrogen) atoms. The van der Waals surface area contributed by atoms with Crippen LogP contribution in [0.3, 0.4) is 0 Å². The average molecular weight is 165 g/mol. The third-order valence-corrected chi connectivity index (χ3v) is 1.43. The highest BCUT2D eigenvalue weighted by Gasteiger charge is 1.99. The fourth-order valence-electron chi connectivity index (χ4n) is 0.885. The van der Waals surface area contributed by atoms with E-state index >= 15 is 0 Å².